The fraction of sp³-hybridized carbons (Fsp3) is 0.176. The van der Waals surface area contributed by atoms with Crippen LogP contribution < -0.4 is 0 Å². The number of carbonyl (C=O) groups is 3. The van der Waals surface area contributed by atoms with Crippen molar-refractivity contribution >= 4 is 68.4 Å². The number of rotatable bonds is 10. The molecule has 212 valence electrons. The van der Waals surface area contributed by atoms with Crippen LogP contribution in [0.15, 0.2) is 95.0 Å². The van der Waals surface area contributed by atoms with Gasteiger partial charge in [0, 0.05) is 74.1 Å². The van der Waals surface area contributed by atoms with E-state index in [1.165, 1.54) is 18.7 Å². The second-order valence-corrected chi connectivity index (χ2v) is 11.5. The molecule has 0 saturated heterocycles. The molecule has 0 N–H and O–H groups in total. The Labute approximate surface area is 253 Å². The van der Waals surface area contributed by atoms with E-state index >= 15 is 0 Å². The molecule has 0 radical (unpaired) electrons. The molecule has 0 unspecified atom stereocenters. The lowest BCUT2D eigenvalue weighted by Crippen LogP contribution is -2.16. The van der Waals surface area contributed by atoms with Gasteiger partial charge in [-0.3, -0.25) is 9.59 Å². The van der Waals surface area contributed by atoms with Crippen molar-refractivity contribution in [3.8, 4) is 0 Å². The third-order valence-corrected chi connectivity index (χ3v) is 8.28. The monoisotopic (exact) mass is 596 g/mol. The van der Waals surface area contributed by atoms with Gasteiger partial charge in [-0.25, -0.2) is 4.79 Å². The van der Waals surface area contributed by atoms with Gasteiger partial charge in [-0.1, -0.05) is 47.1 Å². The molecule has 6 nitrogen and oxygen atoms in total. The predicted octanol–water partition coefficient (Wildman–Crippen LogP) is 8.29. The molecule has 0 bridgehead atoms. The van der Waals surface area contributed by atoms with Gasteiger partial charge in [-0.05, 0) is 74.0 Å². The van der Waals surface area contributed by atoms with Gasteiger partial charge in [-0.15, -0.1) is 11.8 Å². The Kier molecular flexibility index (Phi) is 8.90. The summed E-state index contributed by atoms with van der Waals surface area (Å²) < 4.78 is 2.16. The average Bonchev–Trinajstić information content (AvgIpc) is 3.30. The zero-order valence-corrected chi connectivity index (χ0v) is 25.1. The summed E-state index contributed by atoms with van der Waals surface area (Å²) in [5, 5.41) is 6.30. The lowest BCUT2D eigenvalue weighted by Gasteiger charge is -2.07. The van der Waals surface area contributed by atoms with E-state index in [1.54, 1.807) is 12.1 Å². The lowest BCUT2D eigenvalue weighted by molar-refractivity contribution is -0.140. The van der Waals surface area contributed by atoms with Gasteiger partial charge in [0.2, 0.25) is 5.78 Å². The predicted molar refractivity (Wildman–Crippen MR) is 170 cm³/mol. The van der Waals surface area contributed by atoms with Gasteiger partial charge in [0.25, 0.3) is 0 Å². The first-order chi connectivity index (χ1) is 20.3. The molecule has 0 aliphatic heterocycles. The Balaban J connectivity index is 1.51. The molecule has 4 aromatic carbocycles. The summed E-state index contributed by atoms with van der Waals surface area (Å²) in [5.74, 6) is -0.439. The largest absolute Gasteiger partial charge is 0.341 e. The molecular formula is C34H29ClN2O4S. The normalized spacial score (nSPS) is 11.7. The van der Waals surface area contributed by atoms with Gasteiger partial charge in [0.1, 0.15) is 5.71 Å². The Bertz CT molecular complexity index is 1870. The number of benzene rings is 4. The van der Waals surface area contributed by atoms with Crippen LogP contribution in [0.25, 0.3) is 21.8 Å². The highest BCUT2D eigenvalue weighted by atomic mass is 35.5. The highest BCUT2D eigenvalue weighted by Crippen LogP contribution is 2.32. The Morgan fingerprint density at radius 3 is 2.24 bits per heavy atom. The number of aromatic nitrogens is 1. The molecule has 0 spiro atoms. The molecule has 0 fully saturated rings. The molecule has 5 aromatic rings. The van der Waals surface area contributed by atoms with E-state index in [0.29, 0.717) is 27.5 Å². The Morgan fingerprint density at radius 2 is 1.57 bits per heavy atom. The van der Waals surface area contributed by atoms with Crippen LogP contribution in [0.4, 0.5) is 0 Å². The van der Waals surface area contributed by atoms with Crippen LogP contribution in [0, 0.1) is 6.92 Å². The van der Waals surface area contributed by atoms with E-state index in [1.807, 2.05) is 79.7 Å². The zero-order chi connectivity index (χ0) is 29.8. The highest BCUT2D eigenvalue weighted by molar-refractivity contribution is 7.99. The molecule has 0 amide bonds. The van der Waals surface area contributed by atoms with E-state index < -0.39 is 5.97 Å². The van der Waals surface area contributed by atoms with Crippen LogP contribution in [-0.2, 0) is 16.2 Å². The van der Waals surface area contributed by atoms with Crippen molar-refractivity contribution < 1.29 is 19.2 Å². The van der Waals surface area contributed by atoms with Crippen molar-refractivity contribution in [2.75, 3.05) is 5.75 Å². The van der Waals surface area contributed by atoms with Gasteiger partial charge in [-0.2, -0.15) is 0 Å². The number of carbonyl (C=O) groups excluding carboxylic acids is 3. The molecule has 0 saturated carbocycles. The number of oxime groups is 1. The summed E-state index contributed by atoms with van der Waals surface area (Å²) in [6, 6.07) is 26.2. The molecule has 0 aliphatic rings. The van der Waals surface area contributed by atoms with Crippen molar-refractivity contribution in [3.63, 3.8) is 0 Å². The first-order valence-corrected chi connectivity index (χ1v) is 15.0. The highest BCUT2D eigenvalue weighted by Gasteiger charge is 2.20. The maximum atomic E-state index is 13.7. The molecule has 42 heavy (non-hydrogen) atoms. The SMILES string of the molecule is CCn1c2ccc(C(=O)/C(CCSc3cccc(Cl)c3)=N/OC(C)=O)cc2c2cc(C(=O)c3ccccc3C)ccc21. The summed E-state index contributed by atoms with van der Waals surface area (Å²) in [7, 11) is 0. The minimum absolute atomic E-state index is 0.0485. The lowest BCUT2D eigenvalue weighted by atomic mass is 9.97. The summed E-state index contributed by atoms with van der Waals surface area (Å²) in [6.07, 6.45) is 0.285. The third kappa shape index (κ3) is 6.17. The van der Waals surface area contributed by atoms with Crippen molar-refractivity contribution in [2.45, 2.75) is 38.6 Å². The second kappa shape index (κ2) is 12.8. The number of thioether (sulfide) groups is 1. The fourth-order valence-electron chi connectivity index (χ4n) is 5.02. The number of ketones is 2. The first-order valence-electron chi connectivity index (χ1n) is 13.6. The minimum atomic E-state index is -0.602. The van der Waals surface area contributed by atoms with E-state index in [0.717, 1.165) is 38.8 Å². The van der Waals surface area contributed by atoms with E-state index in [4.69, 9.17) is 16.4 Å². The molecule has 1 aromatic heterocycles. The van der Waals surface area contributed by atoms with Crippen LogP contribution >= 0.6 is 23.4 Å². The number of Topliss-reactive ketones (excluding diaryl/α,β-unsaturated/α-hetero) is 1. The third-order valence-electron chi connectivity index (χ3n) is 7.05. The zero-order valence-electron chi connectivity index (χ0n) is 23.5. The van der Waals surface area contributed by atoms with Crippen LogP contribution in [0.3, 0.4) is 0 Å². The maximum Gasteiger partial charge on any atom is 0.331 e. The number of nitrogens with zero attached hydrogens (tertiary/aromatic N) is 2. The van der Waals surface area contributed by atoms with Crippen molar-refractivity contribution in [2.24, 2.45) is 5.16 Å². The molecule has 0 atom stereocenters. The van der Waals surface area contributed by atoms with Gasteiger partial charge in [0.15, 0.2) is 5.78 Å². The second-order valence-electron chi connectivity index (χ2n) is 9.86. The molecular weight excluding hydrogens is 568 g/mol. The molecule has 5 rings (SSSR count). The average molecular weight is 597 g/mol. The van der Waals surface area contributed by atoms with Crippen LogP contribution in [0.1, 0.15) is 52.1 Å². The Hall–Kier alpha value is -4.20. The van der Waals surface area contributed by atoms with Gasteiger partial charge < -0.3 is 9.40 Å². The van der Waals surface area contributed by atoms with E-state index in [9.17, 15) is 14.4 Å². The van der Waals surface area contributed by atoms with E-state index in [2.05, 4.69) is 16.6 Å². The number of hydrogen-bond donors (Lipinski definition) is 0. The maximum absolute atomic E-state index is 13.7. The quantitative estimate of drug-likeness (QED) is 0.0533. The van der Waals surface area contributed by atoms with Gasteiger partial charge >= 0.3 is 5.97 Å². The number of fused-ring (bicyclic) bond motifs is 3. The first kappa shape index (κ1) is 29.3. The fourth-order valence-corrected chi connectivity index (χ4v) is 6.19. The number of halogens is 1. The van der Waals surface area contributed by atoms with Crippen molar-refractivity contribution in [1.29, 1.82) is 0 Å². The Morgan fingerprint density at radius 1 is 0.881 bits per heavy atom. The number of aryl methyl sites for hydroxylation is 2. The molecule has 1 heterocycles. The topological polar surface area (TPSA) is 77.7 Å². The smallest absolute Gasteiger partial charge is 0.331 e. The summed E-state index contributed by atoms with van der Waals surface area (Å²) in [6.45, 7) is 5.95. The minimum Gasteiger partial charge on any atom is -0.341 e. The van der Waals surface area contributed by atoms with Crippen molar-refractivity contribution in [3.05, 3.63) is 112 Å². The van der Waals surface area contributed by atoms with Crippen LogP contribution in [0.2, 0.25) is 5.02 Å². The standard InChI is InChI=1S/C34H29ClN2O4S/c1-4-37-31-14-12-23(33(39)27-11-6-5-8-21(27)2)18-28(31)29-19-24(13-15-32(29)37)34(40)30(36-41-22(3)38)16-17-42-26-10-7-9-25(35)20-26/h5-15,18-20H,4,16-17H2,1-3H3/b36-30+. The summed E-state index contributed by atoms with van der Waals surface area (Å²) in [5.41, 5.74) is 4.66. The van der Waals surface area contributed by atoms with E-state index in [-0.39, 0.29) is 23.7 Å². The number of hydrogen-bond acceptors (Lipinski definition) is 6. The molecule has 0 aliphatic carbocycles. The van der Waals surface area contributed by atoms with Crippen molar-refractivity contribution in [1.82, 2.24) is 4.57 Å². The van der Waals surface area contributed by atoms with Crippen LogP contribution in [0.5, 0.6) is 0 Å². The van der Waals surface area contributed by atoms with Gasteiger partial charge in [0.05, 0.1) is 0 Å². The molecule has 8 heteroatoms. The summed E-state index contributed by atoms with van der Waals surface area (Å²) in [4.78, 5) is 44.5. The summed E-state index contributed by atoms with van der Waals surface area (Å²) >= 11 is 7.63. The van der Waals surface area contributed by atoms with Crippen LogP contribution in [-0.4, -0.2) is 33.6 Å².